The van der Waals surface area contributed by atoms with E-state index in [0.29, 0.717) is 6.04 Å². The Kier molecular flexibility index (Phi) is 4.17. The van der Waals surface area contributed by atoms with Gasteiger partial charge in [-0.25, -0.2) is 0 Å². The van der Waals surface area contributed by atoms with Crippen molar-refractivity contribution in [1.29, 1.82) is 0 Å². The van der Waals surface area contributed by atoms with Gasteiger partial charge in [0, 0.05) is 13.2 Å². The molecule has 0 radical (unpaired) electrons. The van der Waals surface area contributed by atoms with Gasteiger partial charge >= 0.3 is 0 Å². The van der Waals surface area contributed by atoms with Crippen LogP contribution >= 0.6 is 0 Å². The highest BCUT2D eigenvalue weighted by Crippen LogP contribution is 2.13. The van der Waals surface area contributed by atoms with Gasteiger partial charge < -0.3 is 14.5 Å². The molecule has 3 atom stereocenters. The molecule has 0 saturated heterocycles. The molecule has 1 rings (SSSR count). The summed E-state index contributed by atoms with van der Waals surface area (Å²) in [5.74, 6) is 0.958. The second kappa shape index (κ2) is 5.17. The molecule has 3 heteroatoms. The zero-order valence-corrected chi connectivity index (χ0v) is 9.28. The fraction of sp³-hybridized carbons (Fsp3) is 0.636. The highest BCUT2D eigenvalue weighted by molar-refractivity contribution is 5.03. The summed E-state index contributed by atoms with van der Waals surface area (Å²) in [7, 11) is 1.72. The lowest BCUT2D eigenvalue weighted by Crippen LogP contribution is -2.38. The van der Waals surface area contributed by atoms with E-state index in [1.54, 1.807) is 13.4 Å². The van der Waals surface area contributed by atoms with Crippen LogP contribution in [0.1, 0.15) is 32.6 Å². The summed E-state index contributed by atoms with van der Waals surface area (Å²) in [5.41, 5.74) is 0. The minimum absolute atomic E-state index is 0.201. The SMILES string of the molecule is COC(C)C(C)N[C@@H](C)c1ccco1. The third kappa shape index (κ3) is 2.86. The molecule has 0 fully saturated rings. The quantitative estimate of drug-likeness (QED) is 0.786. The Morgan fingerprint density at radius 2 is 2.07 bits per heavy atom. The Bertz CT molecular complexity index is 246. The first-order valence-corrected chi connectivity index (χ1v) is 4.97. The Balaban J connectivity index is 2.44. The van der Waals surface area contributed by atoms with E-state index < -0.39 is 0 Å². The van der Waals surface area contributed by atoms with E-state index in [0.717, 1.165) is 5.76 Å². The summed E-state index contributed by atoms with van der Waals surface area (Å²) in [5, 5.41) is 3.41. The molecule has 1 aromatic heterocycles. The van der Waals surface area contributed by atoms with Crippen LogP contribution in [0.2, 0.25) is 0 Å². The van der Waals surface area contributed by atoms with Crippen molar-refractivity contribution in [2.75, 3.05) is 7.11 Å². The summed E-state index contributed by atoms with van der Waals surface area (Å²) in [6.07, 6.45) is 1.89. The topological polar surface area (TPSA) is 34.4 Å². The number of hydrogen-bond donors (Lipinski definition) is 1. The van der Waals surface area contributed by atoms with Crippen LogP contribution in [0.3, 0.4) is 0 Å². The van der Waals surface area contributed by atoms with E-state index in [9.17, 15) is 0 Å². The van der Waals surface area contributed by atoms with E-state index in [1.807, 2.05) is 19.1 Å². The maximum Gasteiger partial charge on any atom is 0.120 e. The van der Waals surface area contributed by atoms with Gasteiger partial charge in [0.05, 0.1) is 18.4 Å². The lowest BCUT2D eigenvalue weighted by molar-refractivity contribution is 0.0841. The molecule has 3 nitrogen and oxygen atoms in total. The fourth-order valence-corrected chi connectivity index (χ4v) is 1.35. The van der Waals surface area contributed by atoms with Gasteiger partial charge in [-0.1, -0.05) is 0 Å². The van der Waals surface area contributed by atoms with Gasteiger partial charge in [0.25, 0.3) is 0 Å². The zero-order valence-electron chi connectivity index (χ0n) is 9.28. The van der Waals surface area contributed by atoms with Crippen molar-refractivity contribution in [2.45, 2.75) is 39.0 Å². The molecule has 2 unspecified atom stereocenters. The molecule has 1 N–H and O–H groups in total. The zero-order chi connectivity index (χ0) is 10.6. The summed E-state index contributed by atoms with van der Waals surface area (Å²) < 4.78 is 10.5. The third-order valence-electron chi connectivity index (χ3n) is 2.56. The van der Waals surface area contributed by atoms with Gasteiger partial charge in [0.2, 0.25) is 0 Å². The molecule has 80 valence electrons. The van der Waals surface area contributed by atoms with Crippen molar-refractivity contribution in [2.24, 2.45) is 0 Å². The fourth-order valence-electron chi connectivity index (χ4n) is 1.35. The van der Waals surface area contributed by atoms with Crippen LogP contribution in [0.5, 0.6) is 0 Å². The van der Waals surface area contributed by atoms with Crippen molar-refractivity contribution < 1.29 is 9.15 Å². The summed E-state index contributed by atoms with van der Waals surface area (Å²) in [4.78, 5) is 0. The molecule has 0 aliphatic carbocycles. The largest absolute Gasteiger partial charge is 0.468 e. The molecular weight excluding hydrogens is 178 g/mol. The Hall–Kier alpha value is -0.800. The standard InChI is InChI=1S/C11H19NO2/c1-8(10(3)13-4)12-9(2)11-6-5-7-14-11/h5-10,12H,1-4H3/t8?,9-,10?/m0/s1. The van der Waals surface area contributed by atoms with E-state index >= 15 is 0 Å². The van der Waals surface area contributed by atoms with Crippen LogP contribution in [0.4, 0.5) is 0 Å². The average molecular weight is 197 g/mol. The van der Waals surface area contributed by atoms with E-state index in [-0.39, 0.29) is 12.1 Å². The first kappa shape index (κ1) is 11.3. The molecule has 1 aromatic rings. The van der Waals surface area contributed by atoms with Crippen molar-refractivity contribution >= 4 is 0 Å². The molecular formula is C11H19NO2. The second-order valence-corrected chi connectivity index (χ2v) is 3.63. The van der Waals surface area contributed by atoms with Gasteiger partial charge in [-0.05, 0) is 32.9 Å². The van der Waals surface area contributed by atoms with Crippen LogP contribution in [0, 0.1) is 0 Å². The Labute approximate surface area is 85.4 Å². The maximum absolute atomic E-state index is 5.31. The number of furan rings is 1. The smallest absolute Gasteiger partial charge is 0.120 e. The minimum Gasteiger partial charge on any atom is -0.468 e. The first-order valence-electron chi connectivity index (χ1n) is 4.97. The van der Waals surface area contributed by atoms with E-state index in [4.69, 9.17) is 9.15 Å². The second-order valence-electron chi connectivity index (χ2n) is 3.63. The van der Waals surface area contributed by atoms with Gasteiger partial charge in [0.1, 0.15) is 5.76 Å². The van der Waals surface area contributed by atoms with Crippen LogP contribution in [-0.2, 0) is 4.74 Å². The molecule has 0 spiro atoms. The Morgan fingerprint density at radius 3 is 2.57 bits per heavy atom. The lowest BCUT2D eigenvalue weighted by Gasteiger charge is -2.23. The van der Waals surface area contributed by atoms with Crippen molar-refractivity contribution in [3.05, 3.63) is 24.2 Å². The van der Waals surface area contributed by atoms with Crippen LogP contribution in [-0.4, -0.2) is 19.3 Å². The summed E-state index contributed by atoms with van der Waals surface area (Å²) in [6, 6.07) is 4.40. The van der Waals surface area contributed by atoms with Crippen molar-refractivity contribution in [1.82, 2.24) is 5.32 Å². The number of nitrogens with one attached hydrogen (secondary N) is 1. The first-order chi connectivity index (χ1) is 6.65. The third-order valence-corrected chi connectivity index (χ3v) is 2.56. The number of ether oxygens (including phenoxy) is 1. The average Bonchev–Trinajstić information content (AvgIpc) is 2.69. The van der Waals surface area contributed by atoms with Gasteiger partial charge in [-0.2, -0.15) is 0 Å². The predicted octanol–water partition coefficient (Wildman–Crippen LogP) is 2.35. The number of rotatable bonds is 5. The van der Waals surface area contributed by atoms with Gasteiger partial charge in [0.15, 0.2) is 0 Å². The molecule has 1 heterocycles. The lowest BCUT2D eigenvalue weighted by atomic mass is 10.1. The van der Waals surface area contributed by atoms with E-state index in [2.05, 4.69) is 19.2 Å². The highest BCUT2D eigenvalue weighted by atomic mass is 16.5. The highest BCUT2D eigenvalue weighted by Gasteiger charge is 2.15. The summed E-state index contributed by atoms with van der Waals surface area (Å²) in [6.45, 7) is 6.23. The molecule has 14 heavy (non-hydrogen) atoms. The molecule has 0 aliphatic heterocycles. The molecule has 0 aliphatic rings. The van der Waals surface area contributed by atoms with Gasteiger partial charge in [-0.3, -0.25) is 0 Å². The minimum atomic E-state index is 0.201. The maximum atomic E-state index is 5.31. The molecule has 0 aromatic carbocycles. The van der Waals surface area contributed by atoms with Crippen molar-refractivity contribution in [3.8, 4) is 0 Å². The van der Waals surface area contributed by atoms with Crippen LogP contribution < -0.4 is 5.32 Å². The molecule has 0 saturated carbocycles. The van der Waals surface area contributed by atoms with Crippen LogP contribution in [0.25, 0.3) is 0 Å². The van der Waals surface area contributed by atoms with Gasteiger partial charge in [-0.15, -0.1) is 0 Å². The number of hydrogen-bond acceptors (Lipinski definition) is 3. The summed E-state index contributed by atoms with van der Waals surface area (Å²) >= 11 is 0. The molecule has 0 amide bonds. The monoisotopic (exact) mass is 197 g/mol. The molecule has 0 bridgehead atoms. The normalized spacial score (nSPS) is 17.7. The van der Waals surface area contributed by atoms with Crippen molar-refractivity contribution in [3.63, 3.8) is 0 Å². The number of methoxy groups -OCH3 is 1. The van der Waals surface area contributed by atoms with Crippen LogP contribution in [0.15, 0.2) is 22.8 Å². The Morgan fingerprint density at radius 1 is 1.36 bits per heavy atom. The van der Waals surface area contributed by atoms with E-state index in [1.165, 1.54) is 0 Å². The predicted molar refractivity (Wildman–Crippen MR) is 56.2 cm³/mol.